The number of carbonyl (C=O) groups excluding carboxylic acids is 2. The van der Waals surface area contributed by atoms with Crippen LogP contribution in [-0.4, -0.2) is 31.4 Å². The lowest BCUT2D eigenvalue weighted by atomic mass is 10.1. The fourth-order valence-corrected chi connectivity index (χ4v) is 2.03. The molecule has 0 atom stereocenters. The molecular weight excluding hydrogens is 252 g/mol. The van der Waals surface area contributed by atoms with Crippen molar-refractivity contribution in [3.63, 3.8) is 0 Å². The van der Waals surface area contributed by atoms with E-state index in [1.54, 1.807) is 32.0 Å². The SMILES string of the molecule is CCOC(=O)c1ccc(C(=O)OCC)c(SC)c1. The maximum Gasteiger partial charge on any atom is 0.339 e. The zero-order valence-corrected chi connectivity index (χ0v) is 11.5. The van der Waals surface area contributed by atoms with Gasteiger partial charge in [0.15, 0.2) is 0 Å². The van der Waals surface area contributed by atoms with Crippen LogP contribution in [0, 0.1) is 0 Å². The van der Waals surface area contributed by atoms with Gasteiger partial charge in [-0.3, -0.25) is 0 Å². The summed E-state index contributed by atoms with van der Waals surface area (Å²) in [5, 5.41) is 0. The molecule has 4 nitrogen and oxygen atoms in total. The van der Waals surface area contributed by atoms with Crippen LogP contribution in [0.1, 0.15) is 34.6 Å². The standard InChI is InChI=1S/C13H16O4S/c1-4-16-12(14)9-6-7-10(11(8-9)18-3)13(15)17-5-2/h6-8H,4-5H2,1-3H3. The Balaban J connectivity index is 3.03. The molecule has 0 unspecified atom stereocenters. The second-order valence-corrected chi connectivity index (χ2v) is 4.20. The minimum Gasteiger partial charge on any atom is -0.462 e. The topological polar surface area (TPSA) is 52.6 Å². The van der Waals surface area contributed by atoms with Crippen LogP contribution in [0.2, 0.25) is 0 Å². The third-order valence-electron chi connectivity index (χ3n) is 2.21. The van der Waals surface area contributed by atoms with Crippen LogP contribution in [0.3, 0.4) is 0 Å². The summed E-state index contributed by atoms with van der Waals surface area (Å²) >= 11 is 1.39. The zero-order valence-electron chi connectivity index (χ0n) is 10.7. The third-order valence-corrected chi connectivity index (χ3v) is 2.99. The Hall–Kier alpha value is -1.49. The van der Waals surface area contributed by atoms with Crippen LogP contribution in [0.25, 0.3) is 0 Å². The molecule has 0 heterocycles. The molecule has 0 saturated heterocycles. The number of carbonyl (C=O) groups is 2. The van der Waals surface area contributed by atoms with Gasteiger partial charge in [-0.1, -0.05) is 0 Å². The highest BCUT2D eigenvalue weighted by Gasteiger charge is 2.15. The Bertz CT molecular complexity index is 443. The molecule has 0 aliphatic heterocycles. The van der Waals surface area contributed by atoms with Crippen molar-refractivity contribution in [1.29, 1.82) is 0 Å². The van der Waals surface area contributed by atoms with E-state index in [4.69, 9.17) is 9.47 Å². The highest BCUT2D eigenvalue weighted by molar-refractivity contribution is 7.98. The number of rotatable bonds is 5. The summed E-state index contributed by atoms with van der Waals surface area (Å²) in [7, 11) is 0. The highest BCUT2D eigenvalue weighted by atomic mass is 32.2. The van der Waals surface area contributed by atoms with Crippen LogP contribution in [-0.2, 0) is 9.47 Å². The summed E-state index contributed by atoms with van der Waals surface area (Å²) in [4.78, 5) is 24.0. The summed E-state index contributed by atoms with van der Waals surface area (Å²) in [5.74, 6) is -0.763. The van der Waals surface area contributed by atoms with Crippen LogP contribution >= 0.6 is 11.8 Å². The molecule has 0 aromatic heterocycles. The van der Waals surface area contributed by atoms with Gasteiger partial charge < -0.3 is 9.47 Å². The van der Waals surface area contributed by atoms with Crippen LogP contribution in [0.5, 0.6) is 0 Å². The van der Waals surface area contributed by atoms with Gasteiger partial charge in [-0.15, -0.1) is 11.8 Å². The summed E-state index contributed by atoms with van der Waals surface area (Å²) in [5.41, 5.74) is 0.909. The first-order valence-electron chi connectivity index (χ1n) is 5.66. The fourth-order valence-electron chi connectivity index (χ4n) is 1.41. The van der Waals surface area contributed by atoms with E-state index in [0.29, 0.717) is 29.2 Å². The van der Waals surface area contributed by atoms with Gasteiger partial charge in [0.2, 0.25) is 0 Å². The molecule has 1 rings (SSSR count). The summed E-state index contributed by atoms with van der Waals surface area (Å²) in [6.07, 6.45) is 1.84. The van der Waals surface area contributed by atoms with Gasteiger partial charge in [0.25, 0.3) is 0 Å². The largest absolute Gasteiger partial charge is 0.462 e. The molecule has 18 heavy (non-hydrogen) atoms. The molecule has 0 fully saturated rings. The average molecular weight is 268 g/mol. The molecule has 0 aliphatic rings. The normalized spacial score (nSPS) is 9.94. The van der Waals surface area contributed by atoms with Crippen molar-refractivity contribution in [2.24, 2.45) is 0 Å². The third kappa shape index (κ3) is 3.50. The Labute approximate surface area is 111 Å². The minimum atomic E-state index is -0.386. The maximum atomic E-state index is 11.7. The lowest BCUT2D eigenvalue weighted by Gasteiger charge is -2.08. The van der Waals surface area contributed by atoms with Crippen molar-refractivity contribution in [3.05, 3.63) is 29.3 Å². The molecule has 0 aliphatic carbocycles. The van der Waals surface area contributed by atoms with E-state index in [2.05, 4.69) is 0 Å². The van der Waals surface area contributed by atoms with E-state index < -0.39 is 0 Å². The van der Waals surface area contributed by atoms with Crippen LogP contribution in [0.4, 0.5) is 0 Å². The number of ether oxygens (including phenoxy) is 2. The predicted octanol–water partition coefficient (Wildman–Crippen LogP) is 2.76. The maximum absolute atomic E-state index is 11.7. The van der Waals surface area contributed by atoms with E-state index in [1.807, 2.05) is 6.26 Å². The Morgan fingerprint density at radius 1 is 1.11 bits per heavy atom. The summed E-state index contributed by atoms with van der Waals surface area (Å²) in [6, 6.07) is 4.81. The number of hydrogen-bond acceptors (Lipinski definition) is 5. The molecule has 0 amide bonds. The molecule has 5 heteroatoms. The number of benzene rings is 1. The highest BCUT2D eigenvalue weighted by Crippen LogP contribution is 2.23. The van der Waals surface area contributed by atoms with Crippen LogP contribution < -0.4 is 0 Å². The summed E-state index contributed by atoms with van der Waals surface area (Å²) < 4.78 is 9.86. The van der Waals surface area contributed by atoms with Gasteiger partial charge in [-0.25, -0.2) is 9.59 Å². The van der Waals surface area contributed by atoms with Gasteiger partial charge in [-0.2, -0.15) is 0 Å². The molecular formula is C13H16O4S. The lowest BCUT2D eigenvalue weighted by molar-refractivity contribution is 0.0508. The predicted molar refractivity (Wildman–Crippen MR) is 70.1 cm³/mol. The zero-order chi connectivity index (χ0) is 13.5. The molecule has 0 saturated carbocycles. The first kappa shape index (κ1) is 14.6. The first-order valence-corrected chi connectivity index (χ1v) is 6.88. The first-order chi connectivity index (χ1) is 8.63. The quantitative estimate of drug-likeness (QED) is 0.607. The van der Waals surface area contributed by atoms with Crippen molar-refractivity contribution in [2.45, 2.75) is 18.7 Å². The number of hydrogen-bond donors (Lipinski definition) is 0. The molecule has 0 N–H and O–H groups in total. The van der Waals surface area contributed by atoms with E-state index in [1.165, 1.54) is 11.8 Å². The second-order valence-electron chi connectivity index (χ2n) is 3.36. The summed E-state index contributed by atoms with van der Waals surface area (Å²) in [6.45, 7) is 4.16. The molecule has 1 aromatic rings. The Morgan fingerprint density at radius 2 is 1.72 bits per heavy atom. The van der Waals surface area contributed by atoms with Gasteiger partial charge in [0.05, 0.1) is 24.3 Å². The van der Waals surface area contributed by atoms with E-state index >= 15 is 0 Å². The van der Waals surface area contributed by atoms with Crippen molar-refractivity contribution >= 4 is 23.7 Å². The molecule has 0 bridgehead atoms. The molecule has 0 radical (unpaired) electrons. The van der Waals surface area contributed by atoms with E-state index in [-0.39, 0.29) is 11.9 Å². The van der Waals surface area contributed by atoms with Gasteiger partial charge in [0.1, 0.15) is 0 Å². The Kier molecular flexibility index (Phi) is 5.71. The molecule has 0 spiro atoms. The lowest BCUT2D eigenvalue weighted by Crippen LogP contribution is -2.09. The number of thioether (sulfide) groups is 1. The smallest absolute Gasteiger partial charge is 0.339 e. The van der Waals surface area contributed by atoms with E-state index in [9.17, 15) is 9.59 Å². The van der Waals surface area contributed by atoms with Gasteiger partial charge >= 0.3 is 11.9 Å². The second kappa shape index (κ2) is 7.06. The fraction of sp³-hybridized carbons (Fsp3) is 0.385. The van der Waals surface area contributed by atoms with Crippen molar-refractivity contribution in [2.75, 3.05) is 19.5 Å². The number of esters is 2. The molecule has 98 valence electrons. The van der Waals surface area contributed by atoms with Crippen LogP contribution in [0.15, 0.2) is 23.1 Å². The van der Waals surface area contributed by atoms with Gasteiger partial charge in [0, 0.05) is 4.90 Å². The van der Waals surface area contributed by atoms with Crippen molar-refractivity contribution in [1.82, 2.24) is 0 Å². The Morgan fingerprint density at radius 3 is 2.28 bits per heavy atom. The van der Waals surface area contributed by atoms with Crippen molar-refractivity contribution in [3.8, 4) is 0 Å². The monoisotopic (exact) mass is 268 g/mol. The molecule has 1 aromatic carbocycles. The minimum absolute atomic E-state index is 0.326. The average Bonchev–Trinajstić information content (AvgIpc) is 2.38. The van der Waals surface area contributed by atoms with Gasteiger partial charge in [-0.05, 0) is 38.3 Å². The van der Waals surface area contributed by atoms with E-state index in [0.717, 1.165) is 0 Å². The van der Waals surface area contributed by atoms with Crippen molar-refractivity contribution < 1.29 is 19.1 Å².